The Bertz CT molecular complexity index is 463. The minimum Gasteiger partial charge on any atom is -0.477 e. The maximum Gasteiger partial charge on any atom is 0.341 e. The number of carboxylic acid groups (broad SMARTS) is 1. The molecule has 0 saturated carbocycles. The van der Waals surface area contributed by atoms with Gasteiger partial charge >= 0.3 is 5.97 Å². The maximum atomic E-state index is 11.4. The smallest absolute Gasteiger partial charge is 0.341 e. The Morgan fingerprint density at radius 2 is 2.12 bits per heavy atom. The number of aromatic nitrogens is 1. The van der Waals surface area contributed by atoms with Gasteiger partial charge in [0.15, 0.2) is 5.43 Å². The van der Waals surface area contributed by atoms with Crippen molar-refractivity contribution < 1.29 is 9.90 Å². The van der Waals surface area contributed by atoms with Crippen LogP contribution in [0.25, 0.3) is 0 Å². The molecule has 1 aromatic rings. The van der Waals surface area contributed by atoms with Crippen molar-refractivity contribution in [1.29, 1.82) is 0 Å². The van der Waals surface area contributed by atoms with Gasteiger partial charge in [-0.2, -0.15) is 0 Å². The molecule has 0 atom stereocenters. The Kier molecular flexibility index (Phi) is 4.45. The summed E-state index contributed by atoms with van der Waals surface area (Å²) in [6.45, 7) is 3.45. The largest absolute Gasteiger partial charge is 0.477 e. The normalized spacial score (nSPS) is 10.8. The lowest BCUT2D eigenvalue weighted by atomic mass is 10.2. The van der Waals surface area contributed by atoms with Crippen molar-refractivity contribution in [1.82, 2.24) is 9.47 Å². The molecule has 1 heterocycles. The number of aryl methyl sites for hydroxylation is 2. The number of rotatable bonds is 5. The fraction of sp³-hybridized carbons (Fsp3) is 0.500. The summed E-state index contributed by atoms with van der Waals surface area (Å²) in [6.07, 6.45) is 2.34. The minimum atomic E-state index is -1.17. The van der Waals surface area contributed by atoms with Crippen LogP contribution in [0.2, 0.25) is 0 Å². The van der Waals surface area contributed by atoms with Gasteiger partial charge in [0.2, 0.25) is 0 Å². The van der Waals surface area contributed by atoms with E-state index in [0.717, 1.165) is 18.7 Å². The Morgan fingerprint density at radius 3 is 2.65 bits per heavy atom. The molecule has 5 nitrogen and oxygen atoms in total. The van der Waals surface area contributed by atoms with Gasteiger partial charge in [0.05, 0.1) is 0 Å². The zero-order valence-corrected chi connectivity index (χ0v) is 10.4. The molecule has 1 N–H and O–H groups in total. The van der Waals surface area contributed by atoms with Crippen molar-refractivity contribution in [2.24, 2.45) is 0 Å². The van der Waals surface area contributed by atoms with E-state index in [0.29, 0.717) is 6.54 Å². The van der Waals surface area contributed by atoms with E-state index in [1.165, 1.54) is 12.3 Å². The summed E-state index contributed by atoms with van der Waals surface area (Å²) in [4.78, 5) is 24.3. The van der Waals surface area contributed by atoms with E-state index < -0.39 is 11.4 Å². The topological polar surface area (TPSA) is 62.5 Å². The van der Waals surface area contributed by atoms with E-state index in [-0.39, 0.29) is 5.56 Å². The first-order valence-corrected chi connectivity index (χ1v) is 5.51. The average molecular weight is 238 g/mol. The van der Waals surface area contributed by atoms with E-state index in [2.05, 4.69) is 4.90 Å². The lowest BCUT2D eigenvalue weighted by Crippen LogP contribution is -2.20. The first-order chi connectivity index (χ1) is 7.91. The fourth-order valence-electron chi connectivity index (χ4n) is 1.63. The predicted molar refractivity (Wildman–Crippen MR) is 65.6 cm³/mol. The van der Waals surface area contributed by atoms with E-state index >= 15 is 0 Å². The number of nitrogens with zero attached hydrogens (tertiary/aromatic N) is 2. The zero-order chi connectivity index (χ0) is 13.0. The summed E-state index contributed by atoms with van der Waals surface area (Å²) in [6, 6.07) is 1.37. The average Bonchev–Trinajstić information content (AvgIpc) is 2.20. The highest BCUT2D eigenvalue weighted by molar-refractivity contribution is 5.87. The van der Waals surface area contributed by atoms with Gasteiger partial charge < -0.3 is 14.6 Å². The highest BCUT2D eigenvalue weighted by Crippen LogP contribution is 2.01. The van der Waals surface area contributed by atoms with Crippen molar-refractivity contribution in [2.45, 2.75) is 19.9 Å². The Morgan fingerprint density at radius 1 is 1.47 bits per heavy atom. The second-order valence-corrected chi connectivity index (χ2v) is 4.35. The molecule has 0 amide bonds. The van der Waals surface area contributed by atoms with Gasteiger partial charge in [-0.25, -0.2) is 4.79 Å². The van der Waals surface area contributed by atoms with Crippen LogP contribution in [0.3, 0.4) is 0 Å². The van der Waals surface area contributed by atoms with Crippen LogP contribution in [-0.2, 0) is 6.54 Å². The van der Waals surface area contributed by atoms with Crippen LogP contribution in [0, 0.1) is 6.92 Å². The molecule has 0 unspecified atom stereocenters. The summed E-state index contributed by atoms with van der Waals surface area (Å²) >= 11 is 0. The molecule has 0 aromatic carbocycles. The summed E-state index contributed by atoms with van der Waals surface area (Å²) in [5.74, 6) is -1.17. The summed E-state index contributed by atoms with van der Waals surface area (Å²) < 4.78 is 1.81. The SMILES string of the molecule is Cc1cc(=O)c(C(=O)O)cn1CCCN(C)C. The van der Waals surface area contributed by atoms with Crippen LogP contribution in [0.5, 0.6) is 0 Å². The van der Waals surface area contributed by atoms with E-state index in [9.17, 15) is 9.59 Å². The lowest BCUT2D eigenvalue weighted by molar-refractivity contribution is 0.0694. The van der Waals surface area contributed by atoms with Crippen LogP contribution in [0.1, 0.15) is 22.5 Å². The van der Waals surface area contributed by atoms with Crippen molar-refractivity contribution in [3.63, 3.8) is 0 Å². The predicted octanol–water partition coefficient (Wildman–Crippen LogP) is 0.807. The van der Waals surface area contributed by atoms with Crippen LogP contribution < -0.4 is 5.43 Å². The Balaban J connectivity index is 2.88. The van der Waals surface area contributed by atoms with Gasteiger partial charge in [-0.15, -0.1) is 0 Å². The monoisotopic (exact) mass is 238 g/mol. The summed E-state index contributed by atoms with van der Waals surface area (Å²) in [7, 11) is 3.97. The zero-order valence-electron chi connectivity index (χ0n) is 10.4. The number of hydrogen-bond donors (Lipinski definition) is 1. The molecule has 17 heavy (non-hydrogen) atoms. The quantitative estimate of drug-likeness (QED) is 0.824. The molecule has 94 valence electrons. The minimum absolute atomic E-state index is 0.166. The standard InChI is InChI=1S/C12H18N2O3/c1-9-7-11(15)10(12(16)17)8-14(9)6-4-5-13(2)3/h7-8H,4-6H2,1-3H3,(H,16,17). The second kappa shape index (κ2) is 5.63. The number of carbonyl (C=O) groups is 1. The fourth-order valence-corrected chi connectivity index (χ4v) is 1.63. The first kappa shape index (κ1) is 13.4. The van der Waals surface area contributed by atoms with Crippen molar-refractivity contribution in [3.05, 3.63) is 33.7 Å². The second-order valence-electron chi connectivity index (χ2n) is 4.35. The van der Waals surface area contributed by atoms with Crippen LogP contribution in [0.15, 0.2) is 17.1 Å². The molecule has 0 aliphatic heterocycles. The summed E-state index contributed by atoms with van der Waals surface area (Å²) in [5, 5.41) is 8.87. The highest BCUT2D eigenvalue weighted by Gasteiger charge is 2.10. The van der Waals surface area contributed by atoms with E-state index in [4.69, 9.17) is 5.11 Å². The van der Waals surface area contributed by atoms with Gasteiger partial charge in [0, 0.05) is 24.5 Å². The Labute approximate surface area is 100 Å². The van der Waals surface area contributed by atoms with Crippen molar-refractivity contribution in [2.75, 3.05) is 20.6 Å². The number of carboxylic acids is 1. The molecule has 0 bridgehead atoms. The van der Waals surface area contributed by atoms with Crippen LogP contribution in [0.4, 0.5) is 0 Å². The molecule has 0 aliphatic rings. The molecule has 1 rings (SSSR count). The number of hydrogen-bond acceptors (Lipinski definition) is 3. The molecule has 1 aromatic heterocycles. The molecule has 0 aliphatic carbocycles. The van der Waals surface area contributed by atoms with Gasteiger partial charge in [0.25, 0.3) is 0 Å². The molecular formula is C12H18N2O3. The van der Waals surface area contributed by atoms with Crippen LogP contribution in [-0.4, -0.2) is 41.2 Å². The number of aromatic carboxylic acids is 1. The third kappa shape index (κ3) is 3.71. The molecule has 0 spiro atoms. The third-order valence-corrected chi connectivity index (χ3v) is 2.58. The van der Waals surface area contributed by atoms with Gasteiger partial charge in [0.1, 0.15) is 5.56 Å². The lowest BCUT2D eigenvalue weighted by Gasteiger charge is -2.13. The third-order valence-electron chi connectivity index (χ3n) is 2.58. The van der Waals surface area contributed by atoms with Gasteiger partial charge in [-0.05, 0) is 34.0 Å². The Hall–Kier alpha value is -1.62. The summed E-state index contributed by atoms with van der Waals surface area (Å²) in [5.41, 5.74) is 0.193. The maximum absolute atomic E-state index is 11.4. The number of pyridine rings is 1. The molecule has 0 fully saturated rings. The van der Waals surface area contributed by atoms with E-state index in [1.807, 2.05) is 25.6 Å². The van der Waals surface area contributed by atoms with Gasteiger partial charge in [-0.1, -0.05) is 0 Å². The molecule has 5 heteroatoms. The van der Waals surface area contributed by atoms with Crippen molar-refractivity contribution >= 4 is 5.97 Å². The molecule has 0 saturated heterocycles. The molecule has 0 radical (unpaired) electrons. The molecular weight excluding hydrogens is 220 g/mol. The van der Waals surface area contributed by atoms with Crippen LogP contribution >= 0.6 is 0 Å². The first-order valence-electron chi connectivity index (χ1n) is 5.51. The highest BCUT2D eigenvalue weighted by atomic mass is 16.4. The van der Waals surface area contributed by atoms with Gasteiger partial charge in [-0.3, -0.25) is 4.79 Å². The van der Waals surface area contributed by atoms with E-state index in [1.54, 1.807) is 0 Å². The van der Waals surface area contributed by atoms with Crippen molar-refractivity contribution in [3.8, 4) is 0 Å².